The first-order valence-electron chi connectivity index (χ1n) is 4.98. The second-order valence-electron chi connectivity index (χ2n) is 3.48. The molecule has 0 fully saturated rings. The Bertz CT molecular complexity index is 597. The van der Waals surface area contributed by atoms with Crippen molar-refractivity contribution in [2.45, 2.75) is 0 Å². The Morgan fingerprint density at radius 1 is 0.889 bits per heavy atom. The molecule has 2 rings (SSSR count). The quantitative estimate of drug-likeness (QED) is 0.778. The van der Waals surface area contributed by atoms with Crippen molar-refractivity contribution in [1.82, 2.24) is 0 Å². The van der Waals surface area contributed by atoms with Crippen LogP contribution in [0.5, 0.6) is 11.5 Å². The summed E-state index contributed by atoms with van der Waals surface area (Å²) in [6, 6.07) is 5.99. The fourth-order valence-corrected chi connectivity index (χ4v) is 1.38. The molecule has 0 saturated heterocycles. The lowest BCUT2D eigenvalue weighted by molar-refractivity contribution is 0.112. The van der Waals surface area contributed by atoms with Crippen molar-refractivity contribution in [2.75, 3.05) is 0 Å². The Morgan fingerprint density at radius 3 is 2.11 bits per heavy atom. The van der Waals surface area contributed by atoms with Crippen LogP contribution in [0, 0.1) is 17.5 Å². The van der Waals surface area contributed by atoms with Crippen LogP contribution >= 0.6 is 0 Å². The molecule has 0 N–H and O–H groups in total. The smallest absolute Gasteiger partial charge is 0.168 e. The SMILES string of the molecule is O=Cc1cc(F)ccc1Oc1ccc(F)cc1F. The summed E-state index contributed by atoms with van der Waals surface area (Å²) in [6.45, 7) is 0. The molecule has 2 nitrogen and oxygen atoms in total. The van der Waals surface area contributed by atoms with Crippen LogP contribution in [0.3, 0.4) is 0 Å². The van der Waals surface area contributed by atoms with Crippen LogP contribution in [-0.2, 0) is 0 Å². The lowest BCUT2D eigenvalue weighted by atomic mass is 10.2. The van der Waals surface area contributed by atoms with Gasteiger partial charge in [-0.15, -0.1) is 0 Å². The molecule has 0 amide bonds. The molecule has 0 aliphatic heterocycles. The van der Waals surface area contributed by atoms with E-state index in [1.165, 1.54) is 6.07 Å². The highest BCUT2D eigenvalue weighted by molar-refractivity contribution is 5.79. The second-order valence-corrected chi connectivity index (χ2v) is 3.48. The lowest BCUT2D eigenvalue weighted by Gasteiger charge is -2.08. The third-order valence-electron chi connectivity index (χ3n) is 2.21. The van der Waals surface area contributed by atoms with Gasteiger partial charge in [0.15, 0.2) is 17.9 Å². The predicted octanol–water partition coefficient (Wildman–Crippen LogP) is 3.71. The average molecular weight is 252 g/mol. The number of carbonyl (C=O) groups is 1. The Balaban J connectivity index is 2.36. The first kappa shape index (κ1) is 12.2. The first-order chi connectivity index (χ1) is 8.60. The number of benzene rings is 2. The Hall–Kier alpha value is -2.30. The van der Waals surface area contributed by atoms with Crippen LogP contribution in [0.25, 0.3) is 0 Å². The van der Waals surface area contributed by atoms with E-state index in [2.05, 4.69) is 0 Å². The summed E-state index contributed by atoms with van der Waals surface area (Å²) in [6.07, 6.45) is 0.389. The van der Waals surface area contributed by atoms with Crippen molar-refractivity contribution in [1.29, 1.82) is 0 Å². The molecule has 92 valence electrons. The van der Waals surface area contributed by atoms with E-state index in [-0.39, 0.29) is 17.1 Å². The van der Waals surface area contributed by atoms with E-state index >= 15 is 0 Å². The monoisotopic (exact) mass is 252 g/mol. The van der Waals surface area contributed by atoms with Crippen LogP contribution in [0.1, 0.15) is 10.4 Å². The van der Waals surface area contributed by atoms with Gasteiger partial charge < -0.3 is 4.74 Å². The molecule has 0 saturated carbocycles. The molecule has 0 aliphatic carbocycles. The maximum Gasteiger partial charge on any atom is 0.168 e. The van der Waals surface area contributed by atoms with Crippen LogP contribution in [-0.4, -0.2) is 6.29 Å². The van der Waals surface area contributed by atoms with Crippen molar-refractivity contribution in [2.24, 2.45) is 0 Å². The highest BCUT2D eigenvalue weighted by Crippen LogP contribution is 2.27. The third-order valence-corrected chi connectivity index (χ3v) is 2.21. The maximum atomic E-state index is 13.3. The Morgan fingerprint density at radius 2 is 1.50 bits per heavy atom. The number of halogens is 3. The number of rotatable bonds is 3. The minimum Gasteiger partial charge on any atom is -0.454 e. The average Bonchev–Trinajstić information content (AvgIpc) is 2.34. The number of ether oxygens (including phenoxy) is 1. The van der Waals surface area contributed by atoms with Gasteiger partial charge in [0.25, 0.3) is 0 Å². The highest BCUT2D eigenvalue weighted by atomic mass is 19.1. The minimum absolute atomic E-state index is 0.00286. The number of carbonyl (C=O) groups excluding carboxylic acids is 1. The number of hydrogen-bond acceptors (Lipinski definition) is 2. The lowest BCUT2D eigenvalue weighted by Crippen LogP contribution is -1.94. The Labute approximate surface area is 101 Å². The van der Waals surface area contributed by atoms with E-state index in [0.29, 0.717) is 12.4 Å². The van der Waals surface area contributed by atoms with Crippen LogP contribution in [0.15, 0.2) is 36.4 Å². The zero-order valence-corrected chi connectivity index (χ0v) is 8.99. The van der Waals surface area contributed by atoms with Gasteiger partial charge in [-0.05, 0) is 30.3 Å². The molecular formula is C13H7F3O2. The molecule has 0 unspecified atom stereocenters. The summed E-state index contributed by atoms with van der Waals surface area (Å²) < 4.78 is 44.0. The largest absolute Gasteiger partial charge is 0.454 e. The fourth-order valence-electron chi connectivity index (χ4n) is 1.38. The van der Waals surface area contributed by atoms with Gasteiger partial charge in [0, 0.05) is 6.07 Å². The van der Waals surface area contributed by atoms with E-state index in [1.54, 1.807) is 0 Å². The summed E-state index contributed by atoms with van der Waals surface area (Å²) >= 11 is 0. The Kier molecular flexibility index (Phi) is 3.32. The van der Waals surface area contributed by atoms with Crippen LogP contribution in [0.2, 0.25) is 0 Å². The molecule has 2 aromatic rings. The molecule has 18 heavy (non-hydrogen) atoms. The topological polar surface area (TPSA) is 26.3 Å². The van der Waals surface area contributed by atoms with Crippen LogP contribution in [0.4, 0.5) is 13.2 Å². The van der Waals surface area contributed by atoms with Gasteiger partial charge in [-0.3, -0.25) is 4.79 Å². The number of aldehydes is 1. The van der Waals surface area contributed by atoms with Crippen molar-refractivity contribution < 1.29 is 22.7 Å². The molecule has 0 atom stereocenters. The minimum atomic E-state index is -0.906. The zero-order chi connectivity index (χ0) is 13.1. The predicted molar refractivity (Wildman–Crippen MR) is 58.2 cm³/mol. The van der Waals surface area contributed by atoms with Gasteiger partial charge in [-0.1, -0.05) is 0 Å². The molecule has 0 aromatic heterocycles. The summed E-state index contributed by atoms with van der Waals surface area (Å²) in [4.78, 5) is 10.7. The molecule has 0 heterocycles. The van der Waals surface area contributed by atoms with Crippen molar-refractivity contribution in [3.05, 3.63) is 59.4 Å². The zero-order valence-electron chi connectivity index (χ0n) is 8.99. The summed E-state index contributed by atoms with van der Waals surface area (Å²) in [5.41, 5.74) is -0.0567. The van der Waals surface area contributed by atoms with Gasteiger partial charge in [0.05, 0.1) is 5.56 Å². The van der Waals surface area contributed by atoms with Gasteiger partial charge in [-0.25, -0.2) is 13.2 Å². The first-order valence-corrected chi connectivity index (χ1v) is 4.98. The van der Waals surface area contributed by atoms with Crippen LogP contribution < -0.4 is 4.74 Å². The van der Waals surface area contributed by atoms with E-state index < -0.39 is 17.5 Å². The highest BCUT2D eigenvalue weighted by Gasteiger charge is 2.10. The molecule has 0 radical (unpaired) electrons. The molecule has 2 aromatic carbocycles. The van der Waals surface area contributed by atoms with Gasteiger partial charge in [0.1, 0.15) is 17.4 Å². The van der Waals surface area contributed by atoms with Crippen molar-refractivity contribution in [3.63, 3.8) is 0 Å². The van der Waals surface area contributed by atoms with E-state index in [9.17, 15) is 18.0 Å². The summed E-state index contributed by atoms with van der Waals surface area (Å²) in [5, 5.41) is 0. The molecule has 5 heteroatoms. The molecule has 0 aliphatic rings. The van der Waals surface area contributed by atoms with Crippen molar-refractivity contribution >= 4 is 6.29 Å². The molecule has 0 spiro atoms. The van der Waals surface area contributed by atoms with E-state index in [0.717, 1.165) is 24.3 Å². The van der Waals surface area contributed by atoms with E-state index in [1.807, 2.05) is 0 Å². The third kappa shape index (κ3) is 2.51. The molecular weight excluding hydrogens is 245 g/mol. The summed E-state index contributed by atoms with van der Waals surface area (Å²) in [5.74, 6) is -2.50. The second kappa shape index (κ2) is 4.91. The van der Waals surface area contributed by atoms with E-state index in [4.69, 9.17) is 4.74 Å². The van der Waals surface area contributed by atoms with Gasteiger partial charge >= 0.3 is 0 Å². The number of hydrogen-bond donors (Lipinski definition) is 0. The maximum absolute atomic E-state index is 13.3. The van der Waals surface area contributed by atoms with Crippen molar-refractivity contribution in [3.8, 4) is 11.5 Å². The van der Waals surface area contributed by atoms with Gasteiger partial charge in [-0.2, -0.15) is 0 Å². The molecule has 0 bridgehead atoms. The standard InChI is InChI=1S/C13H7F3O2/c14-9-1-3-12(8(5-9)7-17)18-13-4-2-10(15)6-11(13)16/h1-7H. The van der Waals surface area contributed by atoms with Gasteiger partial charge in [0.2, 0.25) is 0 Å². The fraction of sp³-hybridized carbons (Fsp3) is 0. The summed E-state index contributed by atoms with van der Waals surface area (Å²) in [7, 11) is 0. The normalized spacial score (nSPS) is 10.2.